The Labute approximate surface area is 126 Å². The highest BCUT2D eigenvalue weighted by atomic mass is 32.1. The van der Waals surface area contributed by atoms with Crippen LogP contribution in [0.5, 0.6) is 0 Å². The Kier molecular flexibility index (Phi) is 4.70. The summed E-state index contributed by atoms with van der Waals surface area (Å²) in [6.45, 7) is 3.72. The lowest BCUT2D eigenvalue weighted by molar-refractivity contribution is -0.304. The molecule has 0 saturated heterocycles. The average molecular weight is 303 g/mol. The number of benzene rings is 1. The largest absolute Gasteiger partial charge is 0.550 e. The molecular weight excluding hydrogens is 288 g/mol. The molecule has 1 atom stereocenters. The molecule has 110 valence electrons. The minimum absolute atomic E-state index is 0.173. The van der Waals surface area contributed by atoms with Gasteiger partial charge in [0.2, 0.25) is 5.91 Å². The predicted octanol–water partition coefficient (Wildman–Crippen LogP) is 1.49. The van der Waals surface area contributed by atoms with Crippen molar-refractivity contribution in [1.82, 2.24) is 4.98 Å². The molecule has 6 heteroatoms. The summed E-state index contributed by atoms with van der Waals surface area (Å²) in [6, 6.07) is 7.51. The highest BCUT2D eigenvalue weighted by molar-refractivity contribution is 7.09. The van der Waals surface area contributed by atoms with Crippen molar-refractivity contribution in [2.24, 2.45) is 0 Å². The molecule has 1 heterocycles. The van der Waals surface area contributed by atoms with Crippen LogP contribution in [-0.4, -0.2) is 16.9 Å². The number of hydrogen-bond acceptors (Lipinski definition) is 5. The van der Waals surface area contributed by atoms with Gasteiger partial charge in [-0.25, -0.2) is 4.98 Å². The number of thiazole rings is 1. The zero-order chi connectivity index (χ0) is 15.4. The maximum Gasteiger partial charge on any atom is 0.234 e. The number of carbonyl (C=O) groups excluding carboxylic acids is 2. The van der Waals surface area contributed by atoms with Crippen molar-refractivity contribution in [1.29, 1.82) is 0 Å². The van der Waals surface area contributed by atoms with Crippen LogP contribution in [0.25, 0.3) is 0 Å². The molecule has 0 aliphatic carbocycles. The SMILES string of the molecule is Cc1ccc(NC(=O)[C@H](C)c2nc(CC(=O)[O-])cs2)cc1. The highest BCUT2D eigenvalue weighted by Crippen LogP contribution is 2.22. The molecule has 0 fully saturated rings. The molecule has 2 rings (SSSR count). The number of hydrogen-bond donors (Lipinski definition) is 1. The summed E-state index contributed by atoms with van der Waals surface area (Å²) >= 11 is 1.28. The third kappa shape index (κ3) is 4.13. The number of carbonyl (C=O) groups is 2. The van der Waals surface area contributed by atoms with Gasteiger partial charge in [-0.05, 0) is 26.0 Å². The van der Waals surface area contributed by atoms with E-state index in [9.17, 15) is 14.7 Å². The second-order valence-electron chi connectivity index (χ2n) is 4.80. The zero-order valence-corrected chi connectivity index (χ0v) is 12.6. The molecule has 1 aromatic carbocycles. The first-order valence-electron chi connectivity index (χ1n) is 6.47. The van der Waals surface area contributed by atoms with Crippen molar-refractivity contribution in [3.05, 3.63) is 45.9 Å². The number of amides is 1. The zero-order valence-electron chi connectivity index (χ0n) is 11.8. The van der Waals surface area contributed by atoms with Gasteiger partial charge in [-0.3, -0.25) is 4.79 Å². The minimum Gasteiger partial charge on any atom is -0.550 e. The van der Waals surface area contributed by atoms with Crippen molar-refractivity contribution in [3.8, 4) is 0 Å². The van der Waals surface area contributed by atoms with Gasteiger partial charge in [-0.15, -0.1) is 11.3 Å². The summed E-state index contributed by atoms with van der Waals surface area (Å²) in [5.74, 6) is -1.79. The van der Waals surface area contributed by atoms with Crippen LogP contribution in [0, 0.1) is 6.92 Å². The van der Waals surface area contributed by atoms with Crippen LogP contribution < -0.4 is 10.4 Å². The molecule has 5 nitrogen and oxygen atoms in total. The summed E-state index contributed by atoms with van der Waals surface area (Å²) in [4.78, 5) is 26.8. The van der Waals surface area contributed by atoms with E-state index in [0.29, 0.717) is 10.7 Å². The maximum atomic E-state index is 12.2. The normalized spacial score (nSPS) is 11.9. The lowest BCUT2D eigenvalue weighted by Crippen LogP contribution is -2.24. The van der Waals surface area contributed by atoms with Crippen LogP contribution in [0.2, 0.25) is 0 Å². The number of anilines is 1. The van der Waals surface area contributed by atoms with Gasteiger partial charge in [0.25, 0.3) is 0 Å². The molecule has 0 bridgehead atoms. The van der Waals surface area contributed by atoms with E-state index in [2.05, 4.69) is 10.3 Å². The number of aryl methyl sites for hydroxylation is 1. The third-order valence-corrected chi connectivity index (χ3v) is 4.05. The standard InChI is InChI=1S/C15H16N2O3S/c1-9-3-5-11(6-4-9)16-14(20)10(2)15-17-12(8-21-15)7-13(18)19/h3-6,8,10H,7H2,1-2H3,(H,16,20)(H,18,19)/p-1/t10-/m0/s1. The summed E-state index contributed by atoms with van der Waals surface area (Å²) in [5, 5.41) is 15.6. The van der Waals surface area contributed by atoms with E-state index < -0.39 is 11.9 Å². The van der Waals surface area contributed by atoms with E-state index in [1.807, 2.05) is 31.2 Å². The molecule has 21 heavy (non-hydrogen) atoms. The van der Waals surface area contributed by atoms with E-state index in [0.717, 1.165) is 11.3 Å². The van der Waals surface area contributed by atoms with E-state index in [1.54, 1.807) is 12.3 Å². The van der Waals surface area contributed by atoms with E-state index in [1.165, 1.54) is 11.3 Å². The molecular formula is C15H15N2O3S-. The number of nitrogens with zero attached hydrogens (tertiary/aromatic N) is 1. The van der Waals surface area contributed by atoms with Gasteiger partial charge in [-0.1, -0.05) is 17.7 Å². The Morgan fingerprint density at radius 1 is 1.33 bits per heavy atom. The fraction of sp³-hybridized carbons (Fsp3) is 0.267. The Morgan fingerprint density at radius 3 is 2.62 bits per heavy atom. The fourth-order valence-corrected chi connectivity index (χ4v) is 2.62. The fourth-order valence-electron chi connectivity index (χ4n) is 1.75. The number of nitrogens with one attached hydrogen (secondary N) is 1. The molecule has 0 unspecified atom stereocenters. The lowest BCUT2D eigenvalue weighted by Gasteiger charge is -2.10. The first kappa shape index (κ1) is 15.2. The van der Waals surface area contributed by atoms with E-state index in [-0.39, 0.29) is 12.3 Å². The molecule has 0 spiro atoms. The van der Waals surface area contributed by atoms with Gasteiger partial charge in [0.15, 0.2) is 0 Å². The molecule has 0 aliphatic rings. The van der Waals surface area contributed by atoms with Crippen molar-refractivity contribution in [2.75, 3.05) is 5.32 Å². The van der Waals surface area contributed by atoms with Gasteiger partial charge in [0.1, 0.15) is 5.01 Å². The minimum atomic E-state index is -1.18. The second kappa shape index (κ2) is 6.49. The monoisotopic (exact) mass is 303 g/mol. The van der Waals surface area contributed by atoms with Gasteiger partial charge in [-0.2, -0.15) is 0 Å². The first-order valence-corrected chi connectivity index (χ1v) is 7.35. The van der Waals surface area contributed by atoms with Crippen LogP contribution in [0.1, 0.15) is 29.1 Å². The van der Waals surface area contributed by atoms with Gasteiger partial charge >= 0.3 is 0 Å². The Hall–Kier alpha value is -2.21. The average Bonchev–Trinajstić information content (AvgIpc) is 2.88. The van der Waals surface area contributed by atoms with Crippen LogP contribution in [0.3, 0.4) is 0 Å². The van der Waals surface area contributed by atoms with Crippen LogP contribution in [0.4, 0.5) is 5.69 Å². The predicted molar refractivity (Wildman–Crippen MR) is 79.0 cm³/mol. The highest BCUT2D eigenvalue weighted by Gasteiger charge is 2.19. The number of carboxylic acids is 1. The first-order chi connectivity index (χ1) is 9.95. The van der Waals surface area contributed by atoms with Crippen LogP contribution in [-0.2, 0) is 16.0 Å². The summed E-state index contributed by atoms with van der Waals surface area (Å²) in [6.07, 6.45) is -0.233. The van der Waals surface area contributed by atoms with Crippen LogP contribution in [0.15, 0.2) is 29.6 Å². The molecule has 0 aliphatic heterocycles. The number of aromatic nitrogens is 1. The third-order valence-electron chi connectivity index (χ3n) is 2.98. The Balaban J connectivity index is 2.03. The Morgan fingerprint density at radius 2 is 2.00 bits per heavy atom. The lowest BCUT2D eigenvalue weighted by atomic mass is 10.1. The van der Waals surface area contributed by atoms with Gasteiger partial charge < -0.3 is 15.2 Å². The maximum absolute atomic E-state index is 12.2. The summed E-state index contributed by atoms with van der Waals surface area (Å²) in [5.41, 5.74) is 2.27. The molecule has 1 aromatic heterocycles. The van der Waals surface area contributed by atoms with Crippen molar-refractivity contribution >= 4 is 28.9 Å². The van der Waals surface area contributed by atoms with Crippen molar-refractivity contribution in [3.63, 3.8) is 0 Å². The number of carboxylic acid groups (broad SMARTS) is 1. The Bertz CT molecular complexity index is 649. The molecule has 0 radical (unpaired) electrons. The summed E-state index contributed by atoms with van der Waals surface area (Å²) < 4.78 is 0. The topological polar surface area (TPSA) is 82.1 Å². The smallest absolute Gasteiger partial charge is 0.234 e. The van der Waals surface area contributed by atoms with Gasteiger partial charge in [0, 0.05) is 23.5 Å². The summed E-state index contributed by atoms with van der Waals surface area (Å²) in [7, 11) is 0. The number of aliphatic carboxylic acids is 1. The van der Waals surface area contributed by atoms with Crippen molar-refractivity contribution in [2.45, 2.75) is 26.2 Å². The van der Waals surface area contributed by atoms with Crippen molar-refractivity contribution < 1.29 is 14.7 Å². The molecule has 0 saturated carbocycles. The number of rotatable bonds is 5. The molecule has 1 amide bonds. The van der Waals surface area contributed by atoms with Gasteiger partial charge in [0.05, 0.1) is 11.6 Å². The van der Waals surface area contributed by atoms with Crippen LogP contribution >= 0.6 is 11.3 Å². The van der Waals surface area contributed by atoms with E-state index in [4.69, 9.17) is 0 Å². The van der Waals surface area contributed by atoms with E-state index >= 15 is 0 Å². The second-order valence-corrected chi connectivity index (χ2v) is 5.69. The molecule has 1 N–H and O–H groups in total. The molecule has 2 aromatic rings. The quantitative estimate of drug-likeness (QED) is 0.907.